The molecule has 2 heterocycles. The Morgan fingerprint density at radius 2 is 1.83 bits per heavy atom. The van der Waals surface area contributed by atoms with Gasteiger partial charge in [-0.3, -0.25) is 4.98 Å². The van der Waals surface area contributed by atoms with Gasteiger partial charge in [0.1, 0.15) is 0 Å². The highest BCUT2D eigenvalue weighted by Gasteiger charge is 2.24. The number of aryl methyl sites for hydroxylation is 1. The number of hydrogen-bond donors (Lipinski definition) is 1. The molecule has 0 atom stereocenters. The average molecular weight is 409 g/mol. The van der Waals surface area contributed by atoms with Gasteiger partial charge >= 0.3 is 0 Å². The Kier molecular flexibility index (Phi) is 6.59. The van der Waals surface area contributed by atoms with E-state index < -0.39 is 0 Å². The number of likely N-dealkylation sites (tertiary alicyclic amines) is 1. The van der Waals surface area contributed by atoms with Crippen LogP contribution in [0.4, 0.5) is 5.69 Å². The maximum atomic E-state index is 8.85. The third-order valence-electron chi connectivity index (χ3n) is 6.49. The lowest BCUT2D eigenvalue weighted by Gasteiger charge is -2.33. The summed E-state index contributed by atoms with van der Waals surface area (Å²) in [4.78, 5) is 7.45. The number of hydrogen-bond acceptors (Lipinski definition) is 6. The lowest BCUT2D eigenvalue weighted by molar-refractivity contribution is 0.223. The van der Waals surface area contributed by atoms with E-state index in [0.717, 1.165) is 67.7 Å². The van der Waals surface area contributed by atoms with Crippen molar-refractivity contribution in [2.75, 3.05) is 39.2 Å². The van der Waals surface area contributed by atoms with Crippen molar-refractivity contribution in [2.45, 2.75) is 57.4 Å². The number of anilines is 1. The summed E-state index contributed by atoms with van der Waals surface area (Å²) in [6.07, 6.45) is 8.61. The van der Waals surface area contributed by atoms with Crippen molar-refractivity contribution in [3.05, 3.63) is 23.4 Å². The number of fused-ring (bicyclic) bond motifs is 2. The van der Waals surface area contributed by atoms with Crippen LogP contribution >= 0.6 is 0 Å². The zero-order chi connectivity index (χ0) is 20.9. The van der Waals surface area contributed by atoms with Crippen molar-refractivity contribution in [3.63, 3.8) is 0 Å². The second-order valence-electron chi connectivity index (χ2n) is 8.37. The van der Waals surface area contributed by atoms with Crippen LogP contribution in [0.15, 0.2) is 12.1 Å². The molecule has 1 fully saturated rings. The highest BCUT2D eigenvalue weighted by atomic mass is 16.5. The third kappa shape index (κ3) is 4.32. The molecule has 0 radical (unpaired) electrons. The molecule has 1 N–H and O–H groups in total. The highest BCUT2D eigenvalue weighted by molar-refractivity contribution is 5.96. The topological polar surface area (TPSA) is 70.4 Å². The largest absolute Gasteiger partial charge is 0.493 e. The Morgan fingerprint density at radius 3 is 2.57 bits per heavy atom. The van der Waals surface area contributed by atoms with Crippen LogP contribution in [0.2, 0.25) is 0 Å². The minimum Gasteiger partial charge on any atom is -0.493 e. The number of piperidine rings is 1. The number of methoxy groups -OCH3 is 2. The molecule has 1 aliphatic carbocycles. The number of nitriles is 1. The number of aromatic nitrogens is 1. The lowest BCUT2D eigenvalue weighted by atomic mass is 9.98. The van der Waals surface area contributed by atoms with E-state index in [1.165, 1.54) is 36.2 Å². The van der Waals surface area contributed by atoms with E-state index in [2.05, 4.69) is 22.4 Å². The van der Waals surface area contributed by atoms with Gasteiger partial charge in [-0.05, 0) is 50.2 Å². The molecule has 1 aromatic heterocycles. The first-order valence-electron chi connectivity index (χ1n) is 11.2. The molecule has 0 unspecified atom stereocenters. The van der Waals surface area contributed by atoms with Gasteiger partial charge in [-0.25, -0.2) is 0 Å². The zero-order valence-electron chi connectivity index (χ0n) is 18.2. The maximum absolute atomic E-state index is 8.85. The van der Waals surface area contributed by atoms with Crippen molar-refractivity contribution in [3.8, 4) is 17.6 Å². The number of ether oxygens (including phenoxy) is 2. The normalized spacial score (nSPS) is 17.8. The smallest absolute Gasteiger partial charge is 0.162 e. The molecule has 0 spiro atoms. The van der Waals surface area contributed by atoms with Crippen molar-refractivity contribution in [1.82, 2.24) is 9.88 Å². The molecule has 160 valence electrons. The number of nitrogens with one attached hydrogen (secondary N) is 1. The fourth-order valence-corrected chi connectivity index (χ4v) is 4.81. The van der Waals surface area contributed by atoms with Crippen molar-refractivity contribution < 1.29 is 9.47 Å². The molecule has 0 bridgehead atoms. The first-order valence-corrected chi connectivity index (χ1v) is 11.2. The standard InChI is InChI=1S/C24H32N4O2/c1-29-22-15-19-21(16-23(22)30-2)27-20-8-5-3-4-7-18(20)24(19)26-17-9-13-28(14-10-17)12-6-11-25/h15-17H,3-10,12-14H2,1-2H3,(H,26,27). The van der Waals surface area contributed by atoms with Gasteiger partial charge in [0.2, 0.25) is 0 Å². The van der Waals surface area contributed by atoms with Crippen molar-refractivity contribution >= 4 is 16.6 Å². The molecular weight excluding hydrogens is 376 g/mol. The molecular formula is C24H32N4O2. The Bertz CT molecular complexity index is 929. The molecule has 6 nitrogen and oxygen atoms in total. The highest BCUT2D eigenvalue weighted by Crippen LogP contribution is 2.39. The molecule has 0 amide bonds. The number of nitrogens with zero attached hydrogens (tertiary/aromatic N) is 3. The third-order valence-corrected chi connectivity index (χ3v) is 6.49. The van der Waals surface area contributed by atoms with Crippen LogP contribution in [0.5, 0.6) is 11.5 Å². The molecule has 6 heteroatoms. The van der Waals surface area contributed by atoms with Crippen LogP contribution in [0.25, 0.3) is 10.9 Å². The zero-order valence-corrected chi connectivity index (χ0v) is 18.2. The first-order chi connectivity index (χ1) is 14.7. The summed E-state index contributed by atoms with van der Waals surface area (Å²) in [5.74, 6) is 1.47. The van der Waals surface area contributed by atoms with Crippen LogP contribution in [0.1, 0.15) is 49.8 Å². The molecule has 2 aliphatic rings. The van der Waals surface area contributed by atoms with Gasteiger partial charge in [0, 0.05) is 54.9 Å². The van der Waals surface area contributed by atoms with E-state index in [4.69, 9.17) is 19.7 Å². The van der Waals surface area contributed by atoms with Gasteiger partial charge < -0.3 is 19.7 Å². The van der Waals surface area contributed by atoms with Crippen LogP contribution in [0, 0.1) is 11.3 Å². The van der Waals surface area contributed by atoms with Gasteiger partial charge in [0.05, 0.1) is 25.8 Å². The van der Waals surface area contributed by atoms with E-state index in [1.807, 2.05) is 6.07 Å². The second-order valence-corrected chi connectivity index (χ2v) is 8.37. The Hall–Kier alpha value is -2.52. The second kappa shape index (κ2) is 9.53. The Labute approximate surface area is 179 Å². The summed E-state index contributed by atoms with van der Waals surface area (Å²) >= 11 is 0. The molecule has 1 saturated heterocycles. The number of benzene rings is 1. The summed E-state index contributed by atoms with van der Waals surface area (Å²) in [5.41, 5.74) is 4.84. The van der Waals surface area contributed by atoms with Gasteiger partial charge in [-0.1, -0.05) is 6.42 Å². The van der Waals surface area contributed by atoms with Gasteiger partial charge in [0.25, 0.3) is 0 Å². The Morgan fingerprint density at radius 1 is 1.10 bits per heavy atom. The predicted molar refractivity (Wildman–Crippen MR) is 119 cm³/mol. The summed E-state index contributed by atoms with van der Waals surface area (Å²) in [7, 11) is 3.36. The molecule has 2 aromatic rings. The average Bonchev–Trinajstić information content (AvgIpc) is 3.03. The van der Waals surface area contributed by atoms with E-state index in [-0.39, 0.29) is 0 Å². The van der Waals surface area contributed by atoms with Crippen molar-refractivity contribution in [2.24, 2.45) is 0 Å². The maximum Gasteiger partial charge on any atom is 0.162 e. The fourth-order valence-electron chi connectivity index (χ4n) is 4.81. The fraction of sp³-hybridized carbons (Fsp3) is 0.583. The lowest BCUT2D eigenvalue weighted by Crippen LogP contribution is -2.39. The van der Waals surface area contributed by atoms with Gasteiger partial charge in [-0.2, -0.15) is 5.26 Å². The predicted octanol–water partition coefficient (Wildman–Crippen LogP) is 4.31. The number of pyridine rings is 1. The summed E-state index contributed by atoms with van der Waals surface area (Å²) in [6, 6.07) is 6.79. The van der Waals surface area contributed by atoms with E-state index >= 15 is 0 Å². The molecule has 4 rings (SSSR count). The number of rotatable bonds is 6. The van der Waals surface area contributed by atoms with Gasteiger partial charge in [-0.15, -0.1) is 0 Å². The molecule has 0 saturated carbocycles. The minimum atomic E-state index is 0.439. The van der Waals surface area contributed by atoms with E-state index in [1.54, 1.807) is 14.2 Å². The SMILES string of the molecule is COc1cc2nc3c(c(NC4CCN(CCC#N)CC4)c2cc1OC)CCCCC3. The summed E-state index contributed by atoms with van der Waals surface area (Å²) in [6.45, 7) is 2.97. The van der Waals surface area contributed by atoms with Crippen LogP contribution in [-0.2, 0) is 12.8 Å². The molecule has 1 aliphatic heterocycles. The summed E-state index contributed by atoms with van der Waals surface area (Å²) in [5, 5.41) is 13.9. The van der Waals surface area contributed by atoms with Gasteiger partial charge in [0.15, 0.2) is 11.5 Å². The van der Waals surface area contributed by atoms with Crippen LogP contribution < -0.4 is 14.8 Å². The Balaban J connectivity index is 1.68. The van der Waals surface area contributed by atoms with Crippen molar-refractivity contribution in [1.29, 1.82) is 5.26 Å². The quantitative estimate of drug-likeness (QED) is 0.718. The molecule has 30 heavy (non-hydrogen) atoms. The van der Waals surface area contributed by atoms with E-state index in [0.29, 0.717) is 12.5 Å². The minimum absolute atomic E-state index is 0.439. The summed E-state index contributed by atoms with van der Waals surface area (Å²) < 4.78 is 11.1. The van der Waals surface area contributed by atoms with E-state index in [9.17, 15) is 0 Å². The van der Waals surface area contributed by atoms with Crippen LogP contribution in [-0.4, -0.2) is 49.8 Å². The molecule has 1 aromatic carbocycles. The monoisotopic (exact) mass is 408 g/mol. The van der Waals surface area contributed by atoms with Crippen LogP contribution in [0.3, 0.4) is 0 Å². The first kappa shape index (κ1) is 20.7.